The topological polar surface area (TPSA) is 100 Å². The lowest BCUT2D eigenvalue weighted by molar-refractivity contribution is -0.124. The van der Waals surface area contributed by atoms with Gasteiger partial charge in [0.1, 0.15) is 11.8 Å². The molecule has 3 aromatic rings. The normalized spacial score (nSPS) is 11.6. The van der Waals surface area contributed by atoms with Gasteiger partial charge in [-0.25, -0.2) is 0 Å². The number of benzene rings is 2. The monoisotopic (exact) mass is 467 g/mol. The largest absolute Gasteiger partial charge is 0.467 e. The molecule has 0 radical (unpaired) electrons. The molecule has 7 nitrogen and oxygen atoms in total. The maximum Gasteiger partial charge on any atom is 0.251 e. The summed E-state index contributed by atoms with van der Waals surface area (Å²) in [5, 5.41) is 8.95. The number of rotatable bonds is 9. The van der Waals surface area contributed by atoms with Crippen molar-refractivity contribution in [3.8, 4) is 0 Å². The third-order valence-electron chi connectivity index (χ3n) is 5.00. The average molecular weight is 468 g/mol. The van der Waals surface area contributed by atoms with E-state index in [9.17, 15) is 14.4 Å². The third-order valence-corrected chi connectivity index (χ3v) is 5.25. The van der Waals surface area contributed by atoms with Gasteiger partial charge in [-0.15, -0.1) is 0 Å². The van der Waals surface area contributed by atoms with Crippen LogP contribution in [-0.2, 0) is 17.9 Å². The molecule has 0 spiro atoms. The van der Waals surface area contributed by atoms with E-state index in [1.54, 1.807) is 60.9 Å². The molecule has 1 heterocycles. The molecule has 2 aromatic carbocycles. The highest BCUT2D eigenvalue weighted by molar-refractivity contribution is 6.30. The molecule has 0 aliphatic carbocycles. The van der Waals surface area contributed by atoms with Crippen LogP contribution < -0.4 is 16.0 Å². The highest BCUT2D eigenvalue weighted by atomic mass is 35.5. The maximum atomic E-state index is 12.8. The van der Waals surface area contributed by atoms with Crippen molar-refractivity contribution in [2.24, 2.45) is 5.92 Å². The van der Waals surface area contributed by atoms with E-state index >= 15 is 0 Å². The predicted octanol–water partition coefficient (Wildman–Crippen LogP) is 3.93. The molecule has 1 aromatic heterocycles. The van der Waals surface area contributed by atoms with Gasteiger partial charge in [-0.3, -0.25) is 14.4 Å². The Bertz CT molecular complexity index is 1100. The lowest BCUT2D eigenvalue weighted by Crippen LogP contribution is -2.49. The fraction of sp³-hybridized carbons (Fsp3) is 0.240. The first-order chi connectivity index (χ1) is 15.8. The summed E-state index contributed by atoms with van der Waals surface area (Å²) < 4.78 is 5.21. The van der Waals surface area contributed by atoms with Crippen LogP contribution in [0.2, 0.25) is 5.02 Å². The lowest BCUT2D eigenvalue weighted by Gasteiger charge is -2.22. The van der Waals surface area contributed by atoms with E-state index in [2.05, 4.69) is 16.0 Å². The number of nitrogens with one attached hydrogen (secondary N) is 3. The summed E-state index contributed by atoms with van der Waals surface area (Å²) in [7, 11) is 0. The van der Waals surface area contributed by atoms with Crippen molar-refractivity contribution < 1.29 is 18.8 Å². The standard InChI is InChI=1S/C25H26ClN3O4/c1-16(2)22(29-24(31)18-8-10-20(26)11-9-18)25(32)27-14-17-5-3-6-19(13-17)23(30)28-15-21-7-4-12-33-21/h3-13,16,22H,14-15H2,1-2H3,(H,27,32)(H,28,30)(H,29,31). The third kappa shape index (κ3) is 6.95. The molecule has 172 valence electrons. The van der Waals surface area contributed by atoms with Crippen LogP contribution in [0.4, 0.5) is 0 Å². The van der Waals surface area contributed by atoms with Crippen molar-refractivity contribution in [1.82, 2.24) is 16.0 Å². The van der Waals surface area contributed by atoms with E-state index in [0.717, 1.165) is 5.56 Å². The number of furan rings is 1. The van der Waals surface area contributed by atoms with Crippen molar-refractivity contribution in [3.05, 3.63) is 94.4 Å². The second kappa shape index (κ2) is 11.3. The van der Waals surface area contributed by atoms with Gasteiger partial charge in [-0.2, -0.15) is 0 Å². The van der Waals surface area contributed by atoms with Crippen LogP contribution in [0.15, 0.2) is 71.3 Å². The minimum atomic E-state index is -0.715. The SMILES string of the molecule is CC(C)C(NC(=O)c1ccc(Cl)cc1)C(=O)NCc1cccc(C(=O)NCc2ccco2)c1. The number of amides is 3. The van der Waals surface area contributed by atoms with Crippen LogP contribution in [0.25, 0.3) is 0 Å². The Morgan fingerprint density at radius 1 is 0.879 bits per heavy atom. The van der Waals surface area contributed by atoms with Crippen LogP contribution in [0.5, 0.6) is 0 Å². The summed E-state index contributed by atoms with van der Waals surface area (Å²) in [6, 6.07) is 16.3. The minimum absolute atomic E-state index is 0.125. The van der Waals surface area contributed by atoms with Crippen LogP contribution in [-0.4, -0.2) is 23.8 Å². The Hall–Kier alpha value is -3.58. The first-order valence-corrected chi connectivity index (χ1v) is 10.9. The van der Waals surface area contributed by atoms with Crippen molar-refractivity contribution in [2.45, 2.75) is 33.0 Å². The molecule has 1 atom stereocenters. The van der Waals surface area contributed by atoms with Gasteiger partial charge >= 0.3 is 0 Å². The molecule has 33 heavy (non-hydrogen) atoms. The molecule has 0 saturated carbocycles. The Morgan fingerprint density at radius 3 is 2.30 bits per heavy atom. The molecular formula is C25H26ClN3O4. The zero-order valence-corrected chi connectivity index (χ0v) is 19.2. The van der Waals surface area contributed by atoms with Crippen molar-refractivity contribution >= 4 is 29.3 Å². The minimum Gasteiger partial charge on any atom is -0.467 e. The molecule has 3 rings (SSSR count). The first-order valence-electron chi connectivity index (χ1n) is 10.6. The number of hydrogen-bond donors (Lipinski definition) is 3. The molecule has 1 unspecified atom stereocenters. The smallest absolute Gasteiger partial charge is 0.251 e. The Labute approximate surface area is 197 Å². The zero-order chi connectivity index (χ0) is 23.8. The Balaban J connectivity index is 1.57. The number of hydrogen-bond acceptors (Lipinski definition) is 4. The molecule has 0 bridgehead atoms. The highest BCUT2D eigenvalue weighted by Gasteiger charge is 2.24. The lowest BCUT2D eigenvalue weighted by atomic mass is 10.0. The first kappa shape index (κ1) is 24.1. The fourth-order valence-electron chi connectivity index (χ4n) is 3.17. The summed E-state index contributed by atoms with van der Waals surface area (Å²) in [4.78, 5) is 37.7. The van der Waals surface area contributed by atoms with Gasteiger partial charge in [-0.1, -0.05) is 37.6 Å². The van der Waals surface area contributed by atoms with Gasteiger partial charge in [0, 0.05) is 22.7 Å². The van der Waals surface area contributed by atoms with Crippen LogP contribution in [0.3, 0.4) is 0 Å². The van der Waals surface area contributed by atoms with Gasteiger partial charge in [0.05, 0.1) is 12.8 Å². The van der Waals surface area contributed by atoms with Gasteiger partial charge in [0.25, 0.3) is 11.8 Å². The molecule has 3 N–H and O–H groups in total. The molecule has 0 aliphatic heterocycles. The molecular weight excluding hydrogens is 442 g/mol. The highest BCUT2D eigenvalue weighted by Crippen LogP contribution is 2.11. The summed E-state index contributed by atoms with van der Waals surface area (Å²) in [6.07, 6.45) is 1.55. The van der Waals surface area contributed by atoms with E-state index in [4.69, 9.17) is 16.0 Å². The maximum absolute atomic E-state index is 12.8. The average Bonchev–Trinajstić information content (AvgIpc) is 3.33. The molecule has 0 aliphatic rings. The van der Waals surface area contributed by atoms with Crippen molar-refractivity contribution in [1.29, 1.82) is 0 Å². The number of halogens is 1. The van der Waals surface area contributed by atoms with E-state index in [0.29, 0.717) is 21.9 Å². The summed E-state index contributed by atoms with van der Waals surface area (Å²) in [6.45, 7) is 4.22. The Kier molecular flexibility index (Phi) is 8.27. The van der Waals surface area contributed by atoms with Crippen LogP contribution in [0.1, 0.15) is 45.9 Å². The summed E-state index contributed by atoms with van der Waals surface area (Å²) in [5.74, 6) is -0.363. The van der Waals surface area contributed by atoms with E-state index < -0.39 is 6.04 Å². The quantitative estimate of drug-likeness (QED) is 0.443. The van der Waals surface area contributed by atoms with Gasteiger partial charge in [-0.05, 0) is 60.0 Å². The second-order valence-electron chi connectivity index (χ2n) is 7.88. The predicted molar refractivity (Wildman–Crippen MR) is 126 cm³/mol. The van der Waals surface area contributed by atoms with Gasteiger partial charge in [0.15, 0.2) is 0 Å². The Morgan fingerprint density at radius 2 is 1.64 bits per heavy atom. The molecule has 8 heteroatoms. The number of carbonyl (C=O) groups is 3. The molecule has 0 saturated heterocycles. The van der Waals surface area contributed by atoms with E-state index in [1.807, 2.05) is 19.9 Å². The summed E-state index contributed by atoms with van der Waals surface area (Å²) in [5.41, 5.74) is 1.66. The van der Waals surface area contributed by atoms with Crippen molar-refractivity contribution in [3.63, 3.8) is 0 Å². The molecule has 0 fully saturated rings. The summed E-state index contributed by atoms with van der Waals surface area (Å²) >= 11 is 5.87. The second-order valence-corrected chi connectivity index (χ2v) is 8.32. The van der Waals surface area contributed by atoms with Gasteiger partial charge < -0.3 is 20.4 Å². The van der Waals surface area contributed by atoms with Gasteiger partial charge in [0.2, 0.25) is 5.91 Å². The van der Waals surface area contributed by atoms with E-state index in [1.165, 1.54) is 0 Å². The van der Waals surface area contributed by atoms with Crippen LogP contribution >= 0.6 is 11.6 Å². The number of carbonyl (C=O) groups excluding carboxylic acids is 3. The van der Waals surface area contributed by atoms with E-state index in [-0.39, 0.29) is 36.7 Å². The fourth-order valence-corrected chi connectivity index (χ4v) is 3.29. The zero-order valence-electron chi connectivity index (χ0n) is 18.4. The van der Waals surface area contributed by atoms with Crippen LogP contribution in [0, 0.1) is 5.92 Å². The van der Waals surface area contributed by atoms with Crippen molar-refractivity contribution in [2.75, 3.05) is 0 Å². The molecule has 3 amide bonds.